The number of amides is 1. The molecule has 0 unspecified atom stereocenters. The lowest BCUT2D eigenvalue weighted by Crippen LogP contribution is -2.04. The number of H-pyrrole nitrogens is 1. The molecule has 0 radical (unpaired) electrons. The summed E-state index contributed by atoms with van der Waals surface area (Å²) in [4.78, 5) is 16.1. The number of nitrogens with two attached hydrogens (primary N) is 1. The maximum Gasteiger partial charge on any atom is 0.256 e. The minimum Gasteiger partial charge on any atom is -0.396 e. The lowest BCUT2D eigenvalue weighted by atomic mass is 9.96. The van der Waals surface area contributed by atoms with Gasteiger partial charge in [0.05, 0.1) is 5.57 Å². The molecule has 0 bridgehead atoms. The average molecular weight is 361 g/mol. The van der Waals surface area contributed by atoms with Crippen LogP contribution in [0.4, 0.5) is 5.69 Å². The largest absolute Gasteiger partial charge is 0.396 e. The fourth-order valence-electron chi connectivity index (χ4n) is 3.83. The minimum absolute atomic E-state index is 0.0477. The second-order valence-electron chi connectivity index (χ2n) is 6.78. The highest BCUT2D eigenvalue weighted by molar-refractivity contribution is 6.35. The quantitative estimate of drug-likeness (QED) is 0.509. The standard InChI is InChI=1S/C22H23N3O2/c23-11-4-7-16-15-6-1-2-8-18(15)24-20(16)13-17-21-14(10-12-26)5-3-9-19(21)25-22(17)27/h1-3,5-6,8-9,13,24,26H,4,7,10-12,23H2,(H,25,27). The Hall–Kier alpha value is -2.89. The molecule has 0 spiro atoms. The lowest BCUT2D eigenvalue weighted by molar-refractivity contribution is -0.110. The summed E-state index contributed by atoms with van der Waals surface area (Å²) >= 11 is 0. The van der Waals surface area contributed by atoms with Crippen molar-refractivity contribution in [3.05, 3.63) is 64.8 Å². The first kappa shape index (κ1) is 17.5. The molecular formula is C22H23N3O2. The number of aryl methyl sites for hydroxylation is 1. The number of aliphatic hydroxyl groups is 1. The Morgan fingerprint density at radius 3 is 2.74 bits per heavy atom. The Balaban J connectivity index is 1.87. The molecule has 1 aromatic heterocycles. The summed E-state index contributed by atoms with van der Waals surface area (Å²) in [5, 5.41) is 13.5. The van der Waals surface area contributed by atoms with Crippen molar-refractivity contribution in [1.82, 2.24) is 4.98 Å². The summed E-state index contributed by atoms with van der Waals surface area (Å²) in [5.41, 5.74) is 12.2. The Labute approximate surface area is 157 Å². The van der Waals surface area contributed by atoms with Gasteiger partial charge in [0.15, 0.2) is 0 Å². The number of fused-ring (bicyclic) bond motifs is 2. The average Bonchev–Trinajstić information content (AvgIpc) is 3.18. The maximum absolute atomic E-state index is 12.7. The van der Waals surface area contributed by atoms with Crippen molar-refractivity contribution in [1.29, 1.82) is 0 Å². The van der Waals surface area contributed by atoms with Crippen LogP contribution >= 0.6 is 0 Å². The monoisotopic (exact) mass is 361 g/mol. The van der Waals surface area contributed by atoms with E-state index in [1.54, 1.807) is 0 Å². The molecule has 5 N–H and O–H groups in total. The normalized spacial score (nSPS) is 14.7. The van der Waals surface area contributed by atoms with Gasteiger partial charge in [-0.05, 0) is 55.1 Å². The van der Waals surface area contributed by atoms with Crippen LogP contribution in [0.25, 0.3) is 22.6 Å². The summed E-state index contributed by atoms with van der Waals surface area (Å²) in [5.74, 6) is -0.112. The third kappa shape index (κ3) is 3.16. The number of carbonyl (C=O) groups is 1. The smallest absolute Gasteiger partial charge is 0.256 e. The third-order valence-corrected chi connectivity index (χ3v) is 5.06. The second-order valence-corrected chi connectivity index (χ2v) is 6.78. The van der Waals surface area contributed by atoms with Gasteiger partial charge in [-0.1, -0.05) is 30.3 Å². The Kier molecular flexibility index (Phi) is 4.79. The number of hydrogen-bond acceptors (Lipinski definition) is 3. The number of benzene rings is 2. The second kappa shape index (κ2) is 7.39. The van der Waals surface area contributed by atoms with E-state index in [0.717, 1.165) is 40.9 Å². The topological polar surface area (TPSA) is 91.1 Å². The SMILES string of the molecule is NCCCc1c(C=C2C(=O)Nc3cccc(CCO)c32)[nH]c2ccccc12. The zero-order valence-electron chi connectivity index (χ0n) is 15.1. The van der Waals surface area contributed by atoms with Gasteiger partial charge < -0.3 is 21.1 Å². The summed E-state index contributed by atoms with van der Waals surface area (Å²) in [6.45, 7) is 0.672. The van der Waals surface area contributed by atoms with E-state index < -0.39 is 0 Å². The van der Waals surface area contributed by atoms with Gasteiger partial charge in [0.2, 0.25) is 0 Å². The molecule has 27 heavy (non-hydrogen) atoms. The van der Waals surface area contributed by atoms with Crippen LogP contribution in [0, 0.1) is 0 Å². The number of aromatic nitrogens is 1. The Bertz CT molecular complexity index is 1030. The molecule has 0 atom stereocenters. The van der Waals surface area contributed by atoms with Gasteiger partial charge in [-0.15, -0.1) is 0 Å². The fourth-order valence-corrected chi connectivity index (χ4v) is 3.83. The fraction of sp³-hybridized carbons (Fsp3) is 0.227. The summed E-state index contributed by atoms with van der Waals surface area (Å²) in [6.07, 6.45) is 4.19. The van der Waals surface area contributed by atoms with Crippen molar-refractivity contribution in [3.63, 3.8) is 0 Å². The molecule has 1 aliphatic rings. The predicted molar refractivity (Wildman–Crippen MR) is 109 cm³/mol. The molecule has 1 amide bonds. The molecule has 5 nitrogen and oxygen atoms in total. The van der Waals surface area contributed by atoms with Crippen molar-refractivity contribution < 1.29 is 9.90 Å². The van der Waals surface area contributed by atoms with E-state index in [0.29, 0.717) is 18.5 Å². The van der Waals surface area contributed by atoms with E-state index in [2.05, 4.69) is 16.4 Å². The lowest BCUT2D eigenvalue weighted by Gasteiger charge is -2.07. The molecule has 4 rings (SSSR count). The number of para-hydroxylation sites is 1. The molecule has 3 aromatic rings. The molecule has 5 heteroatoms. The molecule has 1 aliphatic heterocycles. The van der Waals surface area contributed by atoms with Crippen LogP contribution in [0.5, 0.6) is 0 Å². The Morgan fingerprint density at radius 2 is 1.93 bits per heavy atom. The van der Waals surface area contributed by atoms with Crippen LogP contribution in [0.15, 0.2) is 42.5 Å². The van der Waals surface area contributed by atoms with E-state index in [9.17, 15) is 9.90 Å². The van der Waals surface area contributed by atoms with Gasteiger partial charge in [-0.25, -0.2) is 0 Å². The van der Waals surface area contributed by atoms with Gasteiger partial charge in [-0.3, -0.25) is 4.79 Å². The first-order valence-electron chi connectivity index (χ1n) is 9.28. The molecule has 0 saturated carbocycles. The molecule has 2 heterocycles. The van der Waals surface area contributed by atoms with Gasteiger partial charge in [0.25, 0.3) is 5.91 Å². The van der Waals surface area contributed by atoms with Crippen LogP contribution in [0.1, 0.15) is 28.8 Å². The van der Waals surface area contributed by atoms with E-state index in [1.807, 2.05) is 42.5 Å². The zero-order valence-corrected chi connectivity index (χ0v) is 15.1. The van der Waals surface area contributed by atoms with E-state index >= 15 is 0 Å². The van der Waals surface area contributed by atoms with Gasteiger partial charge in [0, 0.05) is 34.5 Å². The highest BCUT2D eigenvalue weighted by atomic mass is 16.3. The maximum atomic E-state index is 12.7. The molecule has 138 valence electrons. The van der Waals surface area contributed by atoms with E-state index in [-0.39, 0.29) is 12.5 Å². The Morgan fingerprint density at radius 1 is 1.07 bits per heavy atom. The first-order valence-corrected chi connectivity index (χ1v) is 9.28. The van der Waals surface area contributed by atoms with Crippen molar-refractivity contribution in [2.45, 2.75) is 19.3 Å². The number of carbonyl (C=O) groups excluding carboxylic acids is 1. The van der Waals surface area contributed by atoms with Crippen molar-refractivity contribution in [2.24, 2.45) is 5.73 Å². The van der Waals surface area contributed by atoms with E-state index in [4.69, 9.17) is 5.73 Å². The summed E-state index contributed by atoms with van der Waals surface area (Å²) in [7, 11) is 0. The number of anilines is 1. The highest BCUT2D eigenvalue weighted by Gasteiger charge is 2.27. The third-order valence-electron chi connectivity index (χ3n) is 5.06. The molecule has 0 saturated heterocycles. The molecule has 0 fully saturated rings. The van der Waals surface area contributed by atoms with Crippen molar-refractivity contribution in [2.75, 3.05) is 18.5 Å². The minimum atomic E-state index is -0.112. The van der Waals surface area contributed by atoms with Crippen LogP contribution in [0.2, 0.25) is 0 Å². The number of rotatable bonds is 6. The highest BCUT2D eigenvalue weighted by Crippen LogP contribution is 2.37. The first-order chi connectivity index (χ1) is 13.2. The van der Waals surface area contributed by atoms with Crippen LogP contribution < -0.4 is 11.1 Å². The van der Waals surface area contributed by atoms with Crippen molar-refractivity contribution >= 4 is 34.1 Å². The number of aliphatic hydroxyl groups excluding tert-OH is 1. The van der Waals surface area contributed by atoms with Gasteiger partial charge in [0.1, 0.15) is 0 Å². The van der Waals surface area contributed by atoms with Gasteiger partial charge >= 0.3 is 0 Å². The molecule has 0 aliphatic carbocycles. The zero-order chi connectivity index (χ0) is 18.8. The number of aromatic amines is 1. The molecular weight excluding hydrogens is 338 g/mol. The summed E-state index contributed by atoms with van der Waals surface area (Å²) < 4.78 is 0. The summed E-state index contributed by atoms with van der Waals surface area (Å²) in [6, 6.07) is 13.9. The molecule has 2 aromatic carbocycles. The van der Waals surface area contributed by atoms with Crippen LogP contribution in [0.3, 0.4) is 0 Å². The predicted octanol–water partition coefficient (Wildman–Crippen LogP) is 3.09. The van der Waals surface area contributed by atoms with Gasteiger partial charge in [-0.2, -0.15) is 0 Å². The van der Waals surface area contributed by atoms with E-state index in [1.165, 1.54) is 10.9 Å². The number of hydrogen-bond donors (Lipinski definition) is 4. The van der Waals surface area contributed by atoms with Crippen molar-refractivity contribution in [3.8, 4) is 0 Å². The van der Waals surface area contributed by atoms with Crippen LogP contribution in [-0.2, 0) is 17.6 Å². The van der Waals surface area contributed by atoms with Crippen LogP contribution in [-0.4, -0.2) is 29.1 Å². The number of nitrogens with one attached hydrogen (secondary N) is 2.